The Labute approximate surface area is 159 Å². The van der Waals surface area contributed by atoms with Crippen LogP contribution in [0.1, 0.15) is 26.5 Å². The summed E-state index contributed by atoms with van der Waals surface area (Å²) in [5.74, 6) is -0.804. The molecule has 0 fully saturated rings. The molecule has 0 aliphatic heterocycles. The number of carbonyl (C=O) groups is 2. The van der Waals surface area contributed by atoms with Crippen LogP contribution >= 0.6 is 23.2 Å². The molecule has 0 aliphatic rings. The molecular formula is C18H14Cl2N2O4. The smallest absolute Gasteiger partial charge is 0.305 e. The van der Waals surface area contributed by atoms with Crippen LogP contribution in [-0.2, 0) is 0 Å². The van der Waals surface area contributed by atoms with Crippen LogP contribution in [-0.4, -0.2) is 18.9 Å². The van der Waals surface area contributed by atoms with Crippen LogP contribution < -0.4 is 15.6 Å². The first-order valence-electron chi connectivity index (χ1n) is 7.54. The highest BCUT2D eigenvalue weighted by molar-refractivity contribution is 6.35. The first-order valence-corrected chi connectivity index (χ1v) is 8.29. The van der Waals surface area contributed by atoms with Crippen LogP contribution in [0.15, 0.2) is 40.8 Å². The predicted octanol–water partition coefficient (Wildman–Crippen LogP) is 4.13. The fourth-order valence-electron chi connectivity index (χ4n) is 2.52. The number of halogens is 2. The number of benzene rings is 2. The first-order chi connectivity index (χ1) is 12.4. The van der Waals surface area contributed by atoms with E-state index in [4.69, 9.17) is 32.4 Å². The van der Waals surface area contributed by atoms with Gasteiger partial charge in [0.15, 0.2) is 11.3 Å². The summed E-state index contributed by atoms with van der Waals surface area (Å²) in [7, 11) is 1.42. The van der Waals surface area contributed by atoms with Crippen molar-refractivity contribution in [3.8, 4) is 5.75 Å². The zero-order chi connectivity index (χ0) is 18.8. The Morgan fingerprint density at radius 3 is 2.50 bits per heavy atom. The fourth-order valence-corrected chi connectivity index (χ4v) is 2.89. The number of nitrogens with one attached hydrogen (secondary N) is 2. The highest BCUT2D eigenvalue weighted by atomic mass is 35.5. The minimum Gasteiger partial charge on any atom is -0.496 e. The number of para-hydroxylation sites is 1. The Hall–Kier alpha value is -2.70. The van der Waals surface area contributed by atoms with Crippen LogP contribution in [0.3, 0.4) is 0 Å². The van der Waals surface area contributed by atoms with Crippen molar-refractivity contribution >= 4 is 46.0 Å². The Morgan fingerprint density at radius 1 is 1.08 bits per heavy atom. The van der Waals surface area contributed by atoms with E-state index < -0.39 is 11.8 Å². The number of methoxy groups -OCH3 is 1. The van der Waals surface area contributed by atoms with E-state index in [0.29, 0.717) is 21.2 Å². The van der Waals surface area contributed by atoms with E-state index in [-0.39, 0.29) is 17.1 Å². The molecule has 0 unspecified atom stereocenters. The van der Waals surface area contributed by atoms with E-state index in [9.17, 15) is 9.59 Å². The molecule has 26 heavy (non-hydrogen) atoms. The van der Waals surface area contributed by atoms with Gasteiger partial charge >= 0.3 is 5.91 Å². The number of amides is 2. The van der Waals surface area contributed by atoms with Gasteiger partial charge in [0.1, 0.15) is 5.75 Å². The van der Waals surface area contributed by atoms with Crippen LogP contribution in [0, 0.1) is 6.92 Å². The number of hydrogen-bond acceptors (Lipinski definition) is 4. The molecule has 3 aromatic rings. The summed E-state index contributed by atoms with van der Waals surface area (Å²) in [5, 5.41) is 1.56. The average Bonchev–Trinajstić information content (AvgIpc) is 2.97. The highest BCUT2D eigenvalue weighted by Crippen LogP contribution is 2.30. The van der Waals surface area contributed by atoms with E-state index >= 15 is 0 Å². The van der Waals surface area contributed by atoms with Gasteiger partial charge in [0.25, 0.3) is 5.91 Å². The minimum atomic E-state index is -0.601. The van der Waals surface area contributed by atoms with Crippen molar-refractivity contribution in [1.29, 1.82) is 0 Å². The summed E-state index contributed by atoms with van der Waals surface area (Å²) < 4.78 is 10.7. The maximum atomic E-state index is 12.4. The third-order valence-corrected chi connectivity index (χ3v) is 4.35. The Kier molecular flexibility index (Phi) is 5.06. The standard InChI is InChI=1S/C18H14Cl2N2O4/c1-9-11-4-3-5-13(20)16(11)26-15(9)18(24)22-21-17(23)12-7-6-10(19)8-14(12)25-2/h3-8H,1-2H3,(H,21,23)(H,22,24). The number of furan rings is 1. The molecular weight excluding hydrogens is 379 g/mol. The molecule has 134 valence electrons. The molecule has 1 heterocycles. The Morgan fingerprint density at radius 2 is 1.81 bits per heavy atom. The summed E-state index contributed by atoms with van der Waals surface area (Å²) in [4.78, 5) is 24.7. The molecule has 2 amide bonds. The Balaban J connectivity index is 1.78. The molecule has 0 saturated heterocycles. The number of aryl methyl sites for hydroxylation is 1. The number of carbonyl (C=O) groups excluding carboxylic acids is 2. The summed E-state index contributed by atoms with van der Waals surface area (Å²) in [6.07, 6.45) is 0. The topological polar surface area (TPSA) is 80.6 Å². The molecule has 8 heteroatoms. The quantitative estimate of drug-likeness (QED) is 0.656. The molecule has 2 N–H and O–H groups in total. The largest absolute Gasteiger partial charge is 0.496 e. The van der Waals surface area contributed by atoms with Crippen LogP contribution in [0.25, 0.3) is 11.0 Å². The van der Waals surface area contributed by atoms with Crippen molar-refractivity contribution < 1.29 is 18.7 Å². The number of fused-ring (bicyclic) bond motifs is 1. The van der Waals surface area contributed by atoms with Crippen LogP contribution in [0.5, 0.6) is 5.75 Å². The van der Waals surface area contributed by atoms with Gasteiger partial charge in [0.2, 0.25) is 0 Å². The summed E-state index contributed by atoms with van der Waals surface area (Å²) in [6.45, 7) is 1.74. The lowest BCUT2D eigenvalue weighted by Crippen LogP contribution is -2.41. The molecule has 2 aromatic carbocycles. The van der Waals surface area contributed by atoms with Crippen molar-refractivity contribution in [2.24, 2.45) is 0 Å². The van der Waals surface area contributed by atoms with E-state index in [1.807, 2.05) is 0 Å². The van der Waals surface area contributed by atoms with Gasteiger partial charge in [-0.05, 0) is 31.2 Å². The van der Waals surface area contributed by atoms with Gasteiger partial charge < -0.3 is 9.15 Å². The Bertz CT molecular complexity index is 1010. The summed E-state index contributed by atoms with van der Waals surface area (Å²) >= 11 is 12.0. The molecule has 0 spiro atoms. The number of rotatable bonds is 3. The minimum absolute atomic E-state index is 0.0662. The number of ether oxygens (including phenoxy) is 1. The lowest BCUT2D eigenvalue weighted by atomic mass is 10.1. The third kappa shape index (κ3) is 3.34. The van der Waals surface area contributed by atoms with E-state index in [2.05, 4.69) is 10.9 Å². The van der Waals surface area contributed by atoms with Crippen molar-refractivity contribution in [3.05, 3.63) is 63.3 Å². The lowest BCUT2D eigenvalue weighted by molar-refractivity contribution is 0.0830. The maximum Gasteiger partial charge on any atom is 0.305 e. The summed E-state index contributed by atoms with van der Waals surface area (Å²) in [5.41, 5.74) is 5.91. The maximum absolute atomic E-state index is 12.4. The van der Waals surface area contributed by atoms with Crippen molar-refractivity contribution in [2.75, 3.05) is 7.11 Å². The monoisotopic (exact) mass is 392 g/mol. The lowest BCUT2D eigenvalue weighted by Gasteiger charge is -2.10. The fraction of sp³-hybridized carbons (Fsp3) is 0.111. The molecule has 0 saturated carbocycles. The molecule has 0 atom stereocenters. The first kappa shape index (κ1) is 18.1. The second-order valence-corrected chi connectivity index (χ2v) is 6.27. The van der Waals surface area contributed by atoms with Gasteiger partial charge in [-0.3, -0.25) is 20.4 Å². The van der Waals surface area contributed by atoms with Gasteiger partial charge in [-0.1, -0.05) is 35.3 Å². The number of hydrogen-bond donors (Lipinski definition) is 2. The molecule has 0 aliphatic carbocycles. The molecule has 6 nitrogen and oxygen atoms in total. The van der Waals surface area contributed by atoms with Gasteiger partial charge in [-0.25, -0.2) is 0 Å². The van der Waals surface area contributed by atoms with Crippen molar-refractivity contribution in [3.63, 3.8) is 0 Å². The van der Waals surface area contributed by atoms with Crippen LogP contribution in [0.4, 0.5) is 0 Å². The second-order valence-electron chi connectivity index (χ2n) is 5.43. The van der Waals surface area contributed by atoms with E-state index in [1.54, 1.807) is 31.2 Å². The normalized spacial score (nSPS) is 10.6. The zero-order valence-electron chi connectivity index (χ0n) is 13.9. The van der Waals surface area contributed by atoms with Crippen molar-refractivity contribution in [1.82, 2.24) is 10.9 Å². The molecule has 0 bridgehead atoms. The SMILES string of the molecule is COc1cc(Cl)ccc1C(=O)NNC(=O)c1oc2c(Cl)cccc2c1C. The van der Waals surface area contributed by atoms with E-state index in [0.717, 1.165) is 5.39 Å². The van der Waals surface area contributed by atoms with Crippen LogP contribution in [0.2, 0.25) is 10.0 Å². The van der Waals surface area contributed by atoms with E-state index in [1.165, 1.54) is 19.2 Å². The van der Waals surface area contributed by atoms with Crippen molar-refractivity contribution in [2.45, 2.75) is 6.92 Å². The van der Waals surface area contributed by atoms with Gasteiger partial charge in [-0.15, -0.1) is 0 Å². The van der Waals surface area contributed by atoms with Gasteiger partial charge in [-0.2, -0.15) is 0 Å². The van der Waals surface area contributed by atoms with Gasteiger partial charge in [0, 0.05) is 16.0 Å². The molecule has 0 radical (unpaired) electrons. The highest BCUT2D eigenvalue weighted by Gasteiger charge is 2.20. The second kappa shape index (κ2) is 7.27. The molecule has 1 aromatic heterocycles. The third-order valence-electron chi connectivity index (χ3n) is 3.82. The average molecular weight is 393 g/mol. The number of hydrazine groups is 1. The molecule has 3 rings (SSSR count). The van der Waals surface area contributed by atoms with Gasteiger partial charge in [0.05, 0.1) is 17.7 Å². The zero-order valence-corrected chi connectivity index (χ0v) is 15.4. The predicted molar refractivity (Wildman–Crippen MR) is 98.9 cm³/mol. The summed E-state index contributed by atoms with van der Waals surface area (Å²) in [6, 6.07) is 9.78.